The van der Waals surface area contributed by atoms with Crippen LogP contribution in [0.1, 0.15) is 64.7 Å². The van der Waals surface area contributed by atoms with Gasteiger partial charge in [0.25, 0.3) is 0 Å². The van der Waals surface area contributed by atoms with Gasteiger partial charge in [0.05, 0.1) is 12.2 Å². The van der Waals surface area contributed by atoms with Crippen molar-refractivity contribution in [3.8, 4) is 0 Å². The van der Waals surface area contributed by atoms with Crippen molar-refractivity contribution in [1.82, 2.24) is 5.32 Å². The lowest BCUT2D eigenvalue weighted by Crippen LogP contribution is -2.64. The van der Waals surface area contributed by atoms with E-state index in [9.17, 15) is 5.11 Å². The molecule has 3 rings (SSSR count). The van der Waals surface area contributed by atoms with Crippen LogP contribution >= 0.6 is 0 Å². The summed E-state index contributed by atoms with van der Waals surface area (Å²) in [6.45, 7) is 2.97. The predicted octanol–water partition coefficient (Wildman–Crippen LogP) is 2.62. The highest BCUT2D eigenvalue weighted by Gasteiger charge is 2.56. The lowest BCUT2D eigenvalue weighted by Gasteiger charge is -2.55. The molecule has 3 fully saturated rings. The average molecular weight is 267 g/mol. The number of aliphatic hydroxyl groups excluding tert-OH is 1. The molecule has 2 atom stereocenters. The molecule has 0 aromatic rings. The molecule has 1 spiro atoms. The van der Waals surface area contributed by atoms with Gasteiger partial charge in [-0.05, 0) is 51.9 Å². The normalized spacial score (nSPS) is 41.4. The average Bonchev–Trinajstić information content (AvgIpc) is 2.92. The molecule has 3 heteroatoms. The molecule has 3 nitrogen and oxygen atoms in total. The van der Waals surface area contributed by atoms with Crippen LogP contribution in [0.25, 0.3) is 0 Å². The van der Waals surface area contributed by atoms with E-state index in [2.05, 4.69) is 12.2 Å². The summed E-state index contributed by atoms with van der Waals surface area (Å²) in [5, 5.41) is 13.5. The highest BCUT2D eigenvalue weighted by molar-refractivity contribution is 5.10. The van der Waals surface area contributed by atoms with Gasteiger partial charge in [-0.2, -0.15) is 0 Å². The predicted molar refractivity (Wildman–Crippen MR) is 76.1 cm³/mol. The Morgan fingerprint density at radius 2 is 1.84 bits per heavy atom. The van der Waals surface area contributed by atoms with Crippen molar-refractivity contribution in [2.75, 3.05) is 6.61 Å². The van der Waals surface area contributed by atoms with Crippen LogP contribution in [0.15, 0.2) is 0 Å². The number of hydrogen-bond donors (Lipinski definition) is 2. The van der Waals surface area contributed by atoms with E-state index < -0.39 is 0 Å². The second-order valence-electron chi connectivity index (χ2n) is 6.84. The van der Waals surface area contributed by atoms with Crippen molar-refractivity contribution in [2.24, 2.45) is 5.41 Å². The van der Waals surface area contributed by atoms with E-state index in [0.717, 1.165) is 32.3 Å². The maximum Gasteiger partial charge on any atom is 0.0661 e. The molecule has 3 aliphatic carbocycles. The molecule has 0 heterocycles. The van der Waals surface area contributed by atoms with Gasteiger partial charge >= 0.3 is 0 Å². The molecule has 0 bridgehead atoms. The molecule has 0 aliphatic heterocycles. The minimum atomic E-state index is -0.0453. The first kappa shape index (κ1) is 13.8. The summed E-state index contributed by atoms with van der Waals surface area (Å²) in [6.07, 6.45) is 11.4. The van der Waals surface area contributed by atoms with Gasteiger partial charge in [-0.15, -0.1) is 0 Å². The van der Waals surface area contributed by atoms with Crippen molar-refractivity contribution in [1.29, 1.82) is 0 Å². The van der Waals surface area contributed by atoms with Gasteiger partial charge in [-0.1, -0.05) is 12.8 Å². The van der Waals surface area contributed by atoms with Gasteiger partial charge in [0.15, 0.2) is 0 Å². The first-order valence-corrected chi connectivity index (χ1v) is 8.30. The molecule has 2 N–H and O–H groups in total. The summed E-state index contributed by atoms with van der Waals surface area (Å²) in [7, 11) is 0. The maximum absolute atomic E-state index is 9.60. The van der Waals surface area contributed by atoms with Crippen LogP contribution in [0.5, 0.6) is 0 Å². The third-order valence-corrected chi connectivity index (χ3v) is 5.82. The summed E-state index contributed by atoms with van der Waals surface area (Å²) in [4.78, 5) is 0. The second-order valence-corrected chi connectivity index (χ2v) is 6.84. The fourth-order valence-electron chi connectivity index (χ4n) is 4.65. The van der Waals surface area contributed by atoms with Crippen molar-refractivity contribution in [2.45, 2.75) is 89.0 Å². The van der Waals surface area contributed by atoms with Crippen molar-refractivity contribution in [3.05, 3.63) is 0 Å². The van der Waals surface area contributed by atoms with Crippen molar-refractivity contribution < 1.29 is 9.84 Å². The molecule has 0 radical (unpaired) electrons. The molecule has 110 valence electrons. The number of aliphatic hydroxyl groups is 1. The Morgan fingerprint density at radius 1 is 1.16 bits per heavy atom. The van der Waals surface area contributed by atoms with Gasteiger partial charge in [0.1, 0.15) is 0 Å². The Balaban J connectivity index is 1.56. The SMILES string of the molecule is CCOC1CC(NC2CCC(O)CC2)C12CCCC2. The fourth-order valence-corrected chi connectivity index (χ4v) is 4.65. The van der Waals surface area contributed by atoms with Crippen LogP contribution in [0.3, 0.4) is 0 Å². The van der Waals surface area contributed by atoms with E-state index in [1.54, 1.807) is 0 Å². The Labute approximate surface area is 117 Å². The number of hydrogen-bond acceptors (Lipinski definition) is 3. The molecular formula is C16H29NO2. The molecule has 0 amide bonds. The first-order chi connectivity index (χ1) is 9.24. The van der Waals surface area contributed by atoms with E-state index in [1.807, 2.05) is 0 Å². The largest absolute Gasteiger partial charge is 0.393 e. The Hall–Kier alpha value is -0.120. The minimum absolute atomic E-state index is 0.0453. The van der Waals surface area contributed by atoms with Crippen LogP contribution in [-0.4, -0.2) is 36.0 Å². The maximum atomic E-state index is 9.60. The van der Waals surface area contributed by atoms with Crippen LogP contribution in [-0.2, 0) is 4.74 Å². The zero-order chi connectivity index (χ0) is 13.3. The van der Waals surface area contributed by atoms with Gasteiger partial charge in [-0.3, -0.25) is 0 Å². The van der Waals surface area contributed by atoms with E-state index in [-0.39, 0.29) is 6.10 Å². The van der Waals surface area contributed by atoms with Crippen LogP contribution in [0, 0.1) is 5.41 Å². The molecule has 3 aliphatic rings. The molecular weight excluding hydrogens is 238 g/mol. The summed E-state index contributed by atoms with van der Waals surface area (Å²) >= 11 is 0. The molecule has 3 saturated carbocycles. The lowest BCUT2D eigenvalue weighted by molar-refractivity contribution is -0.133. The number of rotatable bonds is 4. The van der Waals surface area contributed by atoms with Gasteiger partial charge in [-0.25, -0.2) is 0 Å². The molecule has 0 aromatic carbocycles. The Bertz CT molecular complexity index is 293. The number of nitrogens with one attached hydrogen (secondary N) is 1. The van der Waals surface area contributed by atoms with Crippen LogP contribution in [0.4, 0.5) is 0 Å². The third-order valence-electron chi connectivity index (χ3n) is 5.82. The zero-order valence-electron chi connectivity index (χ0n) is 12.2. The van der Waals surface area contributed by atoms with Crippen molar-refractivity contribution in [3.63, 3.8) is 0 Å². The van der Waals surface area contributed by atoms with Gasteiger partial charge < -0.3 is 15.2 Å². The van der Waals surface area contributed by atoms with E-state index in [0.29, 0.717) is 23.6 Å². The third kappa shape index (κ3) is 2.57. The van der Waals surface area contributed by atoms with Crippen LogP contribution < -0.4 is 5.32 Å². The highest BCUT2D eigenvalue weighted by atomic mass is 16.5. The minimum Gasteiger partial charge on any atom is -0.393 e. The van der Waals surface area contributed by atoms with Crippen LogP contribution in [0.2, 0.25) is 0 Å². The van der Waals surface area contributed by atoms with Gasteiger partial charge in [0, 0.05) is 24.1 Å². The highest BCUT2D eigenvalue weighted by Crippen LogP contribution is 2.55. The lowest BCUT2D eigenvalue weighted by atomic mass is 9.60. The monoisotopic (exact) mass is 267 g/mol. The smallest absolute Gasteiger partial charge is 0.0661 e. The topological polar surface area (TPSA) is 41.5 Å². The summed E-state index contributed by atoms with van der Waals surface area (Å²) in [5.41, 5.74) is 0.450. The van der Waals surface area contributed by atoms with E-state index in [1.165, 1.54) is 32.1 Å². The Morgan fingerprint density at radius 3 is 2.47 bits per heavy atom. The fraction of sp³-hybridized carbons (Fsp3) is 1.00. The van der Waals surface area contributed by atoms with Gasteiger partial charge in [0.2, 0.25) is 0 Å². The molecule has 19 heavy (non-hydrogen) atoms. The summed E-state index contributed by atoms with van der Waals surface area (Å²) in [6, 6.07) is 1.31. The summed E-state index contributed by atoms with van der Waals surface area (Å²) in [5.74, 6) is 0. The van der Waals surface area contributed by atoms with Crippen molar-refractivity contribution >= 4 is 0 Å². The standard InChI is InChI=1S/C16H29NO2/c1-2-19-15-11-14(16(15)9-3-4-10-16)17-12-5-7-13(18)8-6-12/h12-15,17-18H,2-11H2,1H3. The molecule has 0 saturated heterocycles. The Kier molecular flexibility index (Phi) is 4.16. The summed E-state index contributed by atoms with van der Waals surface area (Å²) < 4.78 is 5.97. The second kappa shape index (κ2) is 5.71. The molecule has 0 aromatic heterocycles. The van der Waals surface area contributed by atoms with E-state index >= 15 is 0 Å². The zero-order valence-corrected chi connectivity index (χ0v) is 12.2. The molecule has 2 unspecified atom stereocenters. The first-order valence-electron chi connectivity index (χ1n) is 8.30. The quantitative estimate of drug-likeness (QED) is 0.822. The van der Waals surface area contributed by atoms with E-state index in [4.69, 9.17) is 4.74 Å². The number of ether oxygens (including phenoxy) is 1.